The van der Waals surface area contributed by atoms with Crippen LogP contribution in [0.5, 0.6) is 5.75 Å². The summed E-state index contributed by atoms with van der Waals surface area (Å²) in [5.41, 5.74) is -0.261. The molecule has 1 aliphatic rings. The minimum absolute atomic E-state index is 0.123. The highest BCUT2D eigenvalue weighted by molar-refractivity contribution is 9.10. The zero-order valence-corrected chi connectivity index (χ0v) is 12.0. The van der Waals surface area contributed by atoms with Crippen LogP contribution in [0, 0.1) is 0 Å². The van der Waals surface area contributed by atoms with E-state index < -0.39 is 23.8 Å². The van der Waals surface area contributed by atoms with Crippen LogP contribution in [0.2, 0.25) is 5.02 Å². The van der Waals surface area contributed by atoms with Crippen molar-refractivity contribution in [1.29, 1.82) is 0 Å². The van der Waals surface area contributed by atoms with Gasteiger partial charge in [-0.1, -0.05) is 27.5 Å². The fourth-order valence-electron chi connectivity index (χ4n) is 1.80. The van der Waals surface area contributed by atoms with Crippen molar-refractivity contribution < 1.29 is 27.5 Å². The van der Waals surface area contributed by atoms with Crippen LogP contribution in [-0.2, 0) is 9.59 Å². The van der Waals surface area contributed by atoms with E-state index in [1.165, 1.54) is 6.07 Å². The Hall–Kier alpha value is -1.28. The van der Waals surface area contributed by atoms with Crippen LogP contribution in [0.15, 0.2) is 16.6 Å². The summed E-state index contributed by atoms with van der Waals surface area (Å²) >= 11 is 8.86. The zero-order chi connectivity index (χ0) is 15.1. The van der Waals surface area contributed by atoms with Gasteiger partial charge < -0.3 is 4.74 Å². The van der Waals surface area contributed by atoms with Crippen molar-refractivity contribution in [3.05, 3.63) is 21.6 Å². The van der Waals surface area contributed by atoms with Crippen molar-refractivity contribution in [2.24, 2.45) is 0 Å². The molecule has 1 amide bonds. The summed E-state index contributed by atoms with van der Waals surface area (Å²) in [6.45, 7) is -0.325. The Bertz CT molecular complexity index is 591. The van der Waals surface area contributed by atoms with E-state index in [2.05, 4.69) is 20.7 Å². The molecule has 0 saturated carbocycles. The number of nitrogens with zero attached hydrogens (tertiary/aromatic N) is 1. The summed E-state index contributed by atoms with van der Waals surface area (Å²) in [5.74, 6) is -1.65. The third-order valence-electron chi connectivity index (χ3n) is 2.47. The highest BCUT2D eigenvalue weighted by atomic mass is 79.9. The summed E-state index contributed by atoms with van der Waals surface area (Å²) < 4.78 is 41.3. The Morgan fingerprint density at radius 3 is 2.45 bits per heavy atom. The summed E-state index contributed by atoms with van der Waals surface area (Å²) in [7, 11) is 0. The maximum atomic E-state index is 12.4. The van der Waals surface area contributed by atoms with Crippen molar-refractivity contribution in [3.8, 4) is 5.75 Å². The molecule has 1 aromatic rings. The molecule has 0 aromatic heterocycles. The quantitative estimate of drug-likeness (QED) is 0.748. The van der Waals surface area contributed by atoms with Crippen molar-refractivity contribution in [2.75, 3.05) is 11.4 Å². The largest absolute Gasteiger partial charge is 0.573 e. The van der Waals surface area contributed by atoms with Gasteiger partial charge in [-0.3, -0.25) is 14.5 Å². The smallest absolute Gasteiger partial charge is 0.403 e. The van der Waals surface area contributed by atoms with Crippen molar-refractivity contribution >= 4 is 44.9 Å². The highest BCUT2D eigenvalue weighted by Gasteiger charge is 2.37. The van der Waals surface area contributed by atoms with Crippen LogP contribution < -0.4 is 9.64 Å². The monoisotopic (exact) mass is 371 g/mol. The maximum absolute atomic E-state index is 12.4. The lowest BCUT2D eigenvalue weighted by molar-refractivity contribution is -0.274. The molecule has 4 nitrogen and oxygen atoms in total. The number of hydrogen-bond donors (Lipinski definition) is 0. The molecule has 0 atom stereocenters. The third kappa shape index (κ3) is 3.24. The second-order valence-corrected chi connectivity index (χ2v) is 5.30. The summed E-state index contributed by atoms with van der Waals surface area (Å²) in [6, 6.07) is 2.35. The number of rotatable bonds is 2. The lowest BCUT2D eigenvalue weighted by Crippen LogP contribution is -2.27. The lowest BCUT2D eigenvalue weighted by atomic mass is 10.2. The number of carbonyl (C=O) groups is 2. The number of anilines is 1. The molecule has 0 spiro atoms. The highest BCUT2D eigenvalue weighted by Crippen LogP contribution is 2.42. The van der Waals surface area contributed by atoms with Gasteiger partial charge in [0.25, 0.3) is 0 Å². The number of halogens is 5. The Kier molecular flexibility index (Phi) is 3.97. The number of Topliss-reactive ketones (excluding diaryl/α,β-unsaturated/α-hetero) is 1. The van der Waals surface area contributed by atoms with E-state index in [0.29, 0.717) is 0 Å². The second kappa shape index (κ2) is 5.25. The molecule has 1 fully saturated rings. The minimum atomic E-state index is -4.94. The van der Waals surface area contributed by atoms with Crippen LogP contribution in [0.3, 0.4) is 0 Å². The number of ketones is 1. The normalized spacial score (nSPS) is 15.9. The van der Waals surface area contributed by atoms with Gasteiger partial charge in [0.1, 0.15) is 5.69 Å². The van der Waals surface area contributed by atoms with Gasteiger partial charge >= 0.3 is 6.36 Å². The van der Waals surface area contributed by atoms with Gasteiger partial charge in [0.05, 0.1) is 18.0 Å². The first kappa shape index (κ1) is 15.1. The van der Waals surface area contributed by atoms with Gasteiger partial charge in [0.15, 0.2) is 11.5 Å². The number of amides is 1. The van der Waals surface area contributed by atoms with Crippen LogP contribution in [0.4, 0.5) is 18.9 Å². The summed E-state index contributed by atoms with van der Waals surface area (Å²) in [4.78, 5) is 23.8. The average molecular weight is 373 g/mol. The predicted octanol–water partition coefficient (Wildman–Crippen LogP) is 3.31. The van der Waals surface area contributed by atoms with Gasteiger partial charge in [-0.25, -0.2) is 0 Å². The average Bonchev–Trinajstić information content (AvgIpc) is 2.54. The van der Waals surface area contributed by atoms with Crippen LogP contribution in [0.25, 0.3) is 0 Å². The molecule has 1 saturated heterocycles. The van der Waals surface area contributed by atoms with Crippen LogP contribution >= 0.6 is 27.5 Å². The fourth-order valence-corrected chi connectivity index (χ4v) is 2.68. The molecule has 1 heterocycles. The molecule has 2 rings (SSSR count). The van der Waals surface area contributed by atoms with E-state index in [1.54, 1.807) is 0 Å². The van der Waals surface area contributed by atoms with E-state index in [0.717, 1.165) is 11.0 Å². The maximum Gasteiger partial charge on any atom is 0.573 e. The molecule has 9 heteroatoms. The van der Waals surface area contributed by atoms with E-state index in [-0.39, 0.29) is 28.1 Å². The molecule has 0 radical (unpaired) electrons. The number of benzene rings is 1. The number of alkyl halides is 3. The molecule has 1 aromatic carbocycles. The molecule has 0 unspecified atom stereocenters. The third-order valence-corrected chi connectivity index (χ3v) is 3.22. The molecule has 108 valence electrons. The number of carbonyl (C=O) groups excluding carboxylic acids is 2. The van der Waals surface area contributed by atoms with E-state index >= 15 is 0 Å². The first-order chi connectivity index (χ1) is 9.17. The molecule has 1 aliphatic heterocycles. The van der Waals surface area contributed by atoms with E-state index in [1.807, 2.05) is 0 Å². The van der Waals surface area contributed by atoms with Gasteiger partial charge in [0.2, 0.25) is 5.91 Å². The minimum Gasteiger partial charge on any atom is -0.403 e. The summed E-state index contributed by atoms with van der Waals surface area (Å²) in [6.07, 6.45) is -5.30. The molecule has 20 heavy (non-hydrogen) atoms. The van der Waals surface area contributed by atoms with E-state index in [4.69, 9.17) is 11.6 Å². The van der Waals surface area contributed by atoms with Gasteiger partial charge in [-0.05, 0) is 12.1 Å². The molecular weight excluding hydrogens is 366 g/mol. The van der Waals surface area contributed by atoms with Crippen molar-refractivity contribution in [2.45, 2.75) is 12.8 Å². The topological polar surface area (TPSA) is 46.6 Å². The zero-order valence-electron chi connectivity index (χ0n) is 9.63. The van der Waals surface area contributed by atoms with Crippen LogP contribution in [-0.4, -0.2) is 24.6 Å². The van der Waals surface area contributed by atoms with Gasteiger partial charge in [0, 0.05) is 4.47 Å². The standard InChI is InChI=1S/C11H6BrClF3NO3/c12-5-1-7(13)10(8(2-5)20-11(14,15)16)17-4-6(18)3-9(17)19/h1-2H,3-4H2. The Labute approximate surface area is 124 Å². The van der Waals surface area contributed by atoms with Crippen molar-refractivity contribution in [3.63, 3.8) is 0 Å². The van der Waals surface area contributed by atoms with E-state index in [9.17, 15) is 22.8 Å². The number of hydrogen-bond acceptors (Lipinski definition) is 3. The lowest BCUT2D eigenvalue weighted by Gasteiger charge is -2.21. The Morgan fingerprint density at radius 1 is 1.30 bits per heavy atom. The second-order valence-electron chi connectivity index (χ2n) is 3.98. The van der Waals surface area contributed by atoms with Gasteiger partial charge in [-0.2, -0.15) is 0 Å². The molecule has 0 bridgehead atoms. The first-order valence-corrected chi connectivity index (χ1v) is 6.41. The van der Waals surface area contributed by atoms with Gasteiger partial charge in [-0.15, -0.1) is 13.2 Å². The molecule has 0 N–H and O–H groups in total. The summed E-state index contributed by atoms with van der Waals surface area (Å²) in [5, 5.41) is -0.123. The Morgan fingerprint density at radius 2 is 1.95 bits per heavy atom. The Balaban J connectivity index is 2.50. The number of ether oxygens (including phenoxy) is 1. The predicted molar refractivity (Wildman–Crippen MR) is 67.8 cm³/mol. The molecule has 0 aliphatic carbocycles. The van der Waals surface area contributed by atoms with Crippen molar-refractivity contribution in [1.82, 2.24) is 0 Å². The molecular formula is C11H6BrClF3NO3. The van der Waals surface area contributed by atoms with Crippen LogP contribution in [0.1, 0.15) is 6.42 Å². The SMILES string of the molecule is O=C1CC(=O)N(c2c(Cl)cc(Br)cc2OC(F)(F)F)C1. The fraction of sp³-hybridized carbons (Fsp3) is 0.273. The first-order valence-electron chi connectivity index (χ1n) is 5.24.